The van der Waals surface area contributed by atoms with Crippen molar-refractivity contribution in [3.63, 3.8) is 0 Å². The van der Waals surface area contributed by atoms with E-state index in [1.807, 2.05) is 6.07 Å². The molecular formula is C23H19N3O5. The average Bonchev–Trinajstić information content (AvgIpc) is 2.79. The summed E-state index contributed by atoms with van der Waals surface area (Å²) < 4.78 is 11.0. The van der Waals surface area contributed by atoms with Gasteiger partial charge in [-0.05, 0) is 48.9 Å². The number of carbonyl (C=O) groups is 1. The third kappa shape index (κ3) is 5.16. The number of nitro groups is 1. The highest BCUT2D eigenvalue weighted by molar-refractivity contribution is 5.94. The number of nitrogens with one attached hydrogen (secondary N) is 1. The smallest absolute Gasteiger partial charge is 0.270 e. The molecule has 0 spiro atoms. The van der Waals surface area contributed by atoms with Crippen LogP contribution in [-0.2, 0) is 4.79 Å². The molecule has 8 nitrogen and oxygen atoms in total. The van der Waals surface area contributed by atoms with Crippen LogP contribution >= 0.6 is 0 Å². The third-order valence-corrected chi connectivity index (χ3v) is 4.51. The summed E-state index contributed by atoms with van der Waals surface area (Å²) >= 11 is 0. The summed E-state index contributed by atoms with van der Waals surface area (Å²) in [5.41, 5.74) is 1.95. The van der Waals surface area contributed by atoms with Gasteiger partial charge in [0.25, 0.3) is 11.6 Å². The number of nitro benzene ring substituents is 1. The summed E-state index contributed by atoms with van der Waals surface area (Å²) in [6, 6.07) is 19.7. The predicted molar refractivity (Wildman–Crippen MR) is 115 cm³/mol. The number of non-ortho nitro benzene ring substituents is 1. The van der Waals surface area contributed by atoms with Crippen LogP contribution in [0.15, 0.2) is 66.7 Å². The molecule has 1 atom stereocenters. The highest BCUT2D eigenvalue weighted by atomic mass is 16.6. The molecule has 0 fully saturated rings. The maximum absolute atomic E-state index is 12.6. The largest absolute Gasteiger partial charge is 0.497 e. The van der Waals surface area contributed by atoms with Crippen LogP contribution in [0.1, 0.15) is 12.5 Å². The second-order valence-corrected chi connectivity index (χ2v) is 6.61. The fraction of sp³-hybridized carbons (Fsp3) is 0.130. The molecule has 0 bridgehead atoms. The van der Waals surface area contributed by atoms with E-state index >= 15 is 0 Å². The van der Waals surface area contributed by atoms with Crippen LogP contribution in [-0.4, -0.2) is 24.0 Å². The minimum atomic E-state index is -0.899. The van der Waals surface area contributed by atoms with Crippen LogP contribution in [0.5, 0.6) is 11.5 Å². The molecule has 0 heterocycles. The van der Waals surface area contributed by atoms with Crippen molar-refractivity contribution in [3.8, 4) is 28.7 Å². The van der Waals surface area contributed by atoms with E-state index in [4.69, 9.17) is 14.7 Å². The number of methoxy groups -OCH3 is 1. The zero-order valence-corrected chi connectivity index (χ0v) is 16.9. The van der Waals surface area contributed by atoms with Crippen molar-refractivity contribution in [2.24, 2.45) is 0 Å². The number of benzene rings is 3. The fourth-order valence-electron chi connectivity index (χ4n) is 2.88. The van der Waals surface area contributed by atoms with Gasteiger partial charge in [0, 0.05) is 23.4 Å². The lowest BCUT2D eigenvalue weighted by Gasteiger charge is -2.17. The van der Waals surface area contributed by atoms with Gasteiger partial charge in [0.2, 0.25) is 0 Å². The van der Waals surface area contributed by atoms with Crippen molar-refractivity contribution >= 4 is 17.3 Å². The highest BCUT2D eigenvalue weighted by Gasteiger charge is 2.20. The number of hydrogen-bond acceptors (Lipinski definition) is 6. The maximum Gasteiger partial charge on any atom is 0.270 e. The molecule has 31 heavy (non-hydrogen) atoms. The summed E-state index contributed by atoms with van der Waals surface area (Å²) in [6.45, 7) is 1.57. The van der Waals surface area contributed by atoms with Crippen molar-refractivity contribution in [2.45, 2.75) is 13.0 Å². The summed E-state index contributed by atoms with van der Waals surface area (Å²) in [7, 11) is 1.55. The minimum Gasteiger partial charge on any atom is -0.497 e. The zero-order valence-electron chi connectivity index (χ0n) is 16.9. The summed E-state index contributed by atoms with van der Waals surface area (Å²) in [4.78, 5) is 23.3. The van der Waals surface area contributed by atoms with Crippen molar-refractivity contribution in [2.75, 3.05) is 12.4 Å². The Hall–Kier alpha value is -4.38. The van der Waals surface area contributed by atoms with E-state index in [2.05, 4.69) is 5.32 Å². The number of anilines is 1. The average molecular weight is 417 g/mol. The number of nitriles is 1. The monoisotopic (exact) mass is 417 g/mol. The van der Waals surface area contributed by atoms with Crippen LogP contribution in [0.2, 0.25) is 0 Å². The lowest BCUT2D eigenvalue weighted by Crippen LogP contribution is -2.30. The Bertz CT molecular complexity index is 1150. The fourth-order valence-corrected chi connectivity index (χ4v) is 2.88. The van der Waals surface area contributed by atoms with Crippen molar-refractivity contribution in [1.29, 1.82) is 5.26 Å². The second-order valence-electron chi connectivity index (χ2n) is 6.61. The number of rotatable bonds is 7. The van der Waals surface area contributed by atoms with Gasteiger partial charge in [-0.25, -0.2) is 0 Å². The first kappa shape index (κ1) is 21.3. The normalized spacial score (nSPS) is 11.1. The topological polar surface area (TPSA) is 114 Å². The van der Waals surface area contributed by atoms with E-state index in [1.165, 1.54) is 18.2 Å². The second kappa shape index (κ2) is 9.41. The molecule has 0 aromatic heterocycles. The Morgan fingerprint density at radius 1 is 1.13 bits per heavy atom. The van der Waals surface area contributed by atoms with Gasteiger partial charge < -0.3 is 14.8 Å². The number of carbonyl (C=O) groups excluding carboxylic acids is 1. The summed E-state index contributed by atoms with van der Waals surface area (Å²) in [6.07, 6.45) is -0.899. The number of nitrogens with zero attached hydrogens (tertiary/aromatic N) is 2. The molecule has 0 aliphatic rings. The molecule has 0 aliphatic carbocycles. The molecule has 156 valence electrons. The van der Waals surface area contributed by atoms with E-state index in [0.29, 0.717) is 33.9 Å². The molecule has 0 radical (unpaired) electrons. The Balaban J connectivity index is 1.86. The van der Waals surface area contributed by atoms with Crippen molar-refractivity contribution < 1.29 is 19.2 Å². The lowest BCUT2D eigenvalue weighted by atomic mass is 10.0. The molecular weight excluding hydrogens is 398 g/mol. The van der Waals surface area contributed by atoms with Gasteiger partial charge in [0.1, 0.15) is 11.5 Å². The van der Waals surface area contributed by atoms with E-state index in [1.54, 1.807) is 62.6 Å². The molecule has 0 saturated heterocycles. The number of hydrogen-bond donors (Lipinski definition) is 1. The molecule has 3 rings (SSSR count). The maximum atomic E-state index is 12.6. The Kier molecular flexibility index (Phi) is 6.48. The molecule has 0 aliphatic heterocycles. The van der Waals surface area contributed by atoms with Crippen LogP contribution in [0.25, 0.3) is 11.1 Å². The van der Waals surface area contributed by atoms with Gasteiger partial charge in [-0.15, -0.1) is 0 Å². The Labute approximate surface area is 178 Å². The first-order chi connectivity index (χ1) is 14.9. The first-order valence-electron chi connectivity index (χ1n) is 9.32. The molecule has 1 unspecified atom stereocenters. The quantitative estimate of drug-likeness (QED) is 0.446. The van der Waals surface area contributed by atoms with Gasteiger partial charge in [-0.2, -0.15) is 5.26 Å². The van der Waals surface area contributed by atoms with Gasteiger partial charge in [-0.3, -0.25) is 14.9 Å². The zero-order chi connectivity index (χ0) is 22.4. The van der Waals surface area contributed by atoms with Crippen LogP contribution in [0.3, 0.4) is 0 Å². The van der Waals surface area contributed by atoms with E-state index in [9.17, 15) is 14.9 Å². The van der Waals surface area contributed by atoms with Crippen LogP contribution in [0, 0.1) is 21.4 Å². The molecule has 3 aromatic rings. The van der Waals surface area contributed by atoms with Gasteiger partial charge in [0.15, 0.2) is 6.10 Å². The van der Waals surface area contributed by atoms with Crippen LogP contribution < -0.4 is 14.8 Å². The standard InChI is InChI=1S/C23H19N3O5/c1-15(23(27)25-18-5-3-4-16(12-18)14-24)31-22-11-8-19(26(28)29)13-21(22)17-6-9-20(30-2)10-7-17/h3-13,15H,1-2H3,(H,25,27). The van der Waals surface area contributed by atoms with Gasteiger partial charge in [-0.1, -0.05) is 18.2 Å². The molecule has 0 saturated carbocycles. The SMILES string of the molecule is COc1ccc(-c2cc([N+](=O)[O-])ccc2OC(C)C(=O)Nc2cccc(C#N)c2)cc1. The summed E-state index contributed by atoms with van der Waals surface area (Å²) in [5, 5.41) is 22.9. The molecule has 8 heteroatoms. The molecule has 1 amide bonds. The predicted octanol–water partition coefficient (Wildman–Crippen LogP) is 4.55. The number of amides is 1. The molecule has 3 aromatic carbocycles. The summed E-state index contributed by atoms with van der Waals surface area (Å²) in [5.74, 6) is 0.544. The first-order valence-corrected chi connectivity index (χ1v) is 9.32. The lowest BCUT2D eigenvalue weighted by molar-refractivity contribution is -0.384. The van der Waals surface area contributed by atoms with Crippen molar-refractivity contribution in [1.82, 2.24) is 0 Å². The Morgan fingerprint density at radius 3 is 2.52 bits per heavy atom. The van der Waals surface area contributed by atoms with Crippen LogP contribution in [0.4, 0.5) is 11.4 Å². The van der Waals surface area contributed by atoms with E-state index < -0.39 is 16.9 Å². The van der Waals surface area contributed by atoms with Crippen molar-refractivity contribution in [3.05, 3.63) is 82.4 Å². The Morgan fingerprint density at radius 2 is 1.87 bits per heavy atom. The van der Waals surface area contributed by atoms with E-state index in [-0.39, 0.29) is 5.69 Å². The molecule has 1 N–H and O–H groups in total. The van der Waals surface area contributed by atoms with Gasteiger partial charge >= 0.3 is 0 Å². The minimum absolute atomic E-state index is 0.0939. The van der Waals surface area contributed by atoms with Gasteiger partial charge in [0.05, 0.1) is 23.7 Å². The highest BCUT2D eigenvalue weighted by Crippen LogP contribution is 2.35. The third-order valence-electron chi connectivity index (χ3n) is 4.51. The van der Waals surface area contributed by atoms with E-state index in [0.717, 1.165) is 0 Å². The number of ether oxygens (including phenoxy) is 2.